The van der Waals surface area contributed by atoms with E-state index in [1.165, 1.54) is 19.1 Å². The van der Waals surface area contributed by atoms with E-state index in [9.17, 15) is 14.4 Å². The molecule has 1 aliphatic heterocycles. The molecule has 1 atom stereocenters. The number of nitrogens with zero attached hydrogens (tertiary/aromatic N) is 3. The monoisotopic (exact) mass is 518 g/mol. The number of urea groups is 1. The highest BCUT2D eigenvalue weighted by molar-refractivity contribution is 6.06. The van der Waals surface area contributed by atoms with Crippen molar-refractivity contribution in [2.45, 2.75) is 25.2 Å². The second kappa shape index (κ2) is 11.2. The van der Waals surface area contributed by atoms with E-state index in [2.05, 4.69) is 27.5 Å². The topological polar surface area (TPSA) is 116 Å². The standard InChI is InChI=1S/C28H34N6O4/c1-6-19(18(2)15-29-3)16-34(27(37)33(4)38-5)17-24(35)31-22-10-9-20-13-28(14-21(20)12-22)23-8-7-11-30-25(23)32-26(28)36/h6-12,29H,2,13-17H2,1,3-5H3,(H,31,35)(H,30,32,36)/b19-6-. The van der Waals surface area contributed by atoms with Gasteiger partial charge in [-0.15, -0.1) is 0 Å². The maximum atomic E-state index is 13.1. The maximum Gasteiger partial charge on any atom is 0.344 e. The summed E-state index contributed by atoms with van der Waals surface area (Å²) in [7, 11) is 4.71. The number of hydroxylamine groups is 2. The SMILES string of the molecule is C=C(CNC)/C(=C\C)CN(CC(=O)Nc1ccc2c(c1)CC1(C2)C(=O)Nc2ncccc21)C(=O)N(C)OC. The van der Waals surface area contributed by atoms with Crippen molar-refractivity contribution in [1.29, 1.82) is 0 Å². The Kier molecular flexibility index (Phi) is 7.94. The van der Waals surface area contributed by atoms with Gasteiger partial charge in [0.25, 0.3) is 0 Å². The summed E-state index contributed by atoms with van der Waals surface area (Å²) >= 11 is 0. The minimum atomic E-state index is -0.679. The van der Waals surface area contributed by atoms with Gasteiger partial charge in [0.2, 0.25) is 11.8 Å². The number of anilines is 2. The van der Waals surface area contributed by atoms with Gasteiger partial charge in [-0.25, -0.2) is 14.8 Å². The van der Waals surface area contributed by atoms with E-state index in [0.717, 1.165) is 32.9 Å². The number of pyridine rings is 1. The van der Waals surface area contributed by atoms with E-state index in [-0.39, 0.29) is 24.9 Å². The smallest absolute Gasteiger partial charge is 0.325 e. The minimum Gasteiger partial charge on any atom is -0.325 e. The first-order valence-electron chi connectivity index (χ1n) is 12.5. The van der Waals surface area contributed by atoms with Crippen LogP contribution in [-0.4, -0.2) is 73.6 Å². The number of allylic oxidation sites excluding steroid dienone is 1. The van der Waals surface area contributed by atoms with Crippen molar-refractivity contribution in [3.05, 3.63) is 77.0 Å². The molecule has 10 heteroatoms. The van der Waals surface area contributed by atoms with Gasteiger partial charge in [0.1, 0.15) is 12.4 Å². The molecule has 1 unspecified atom stereocenters. The maximum absolute atomic E-state index is 13.1. The molecule has 4 rings (SSSR count). The summed E-state index contributed by atoms with van der Waals surface area (Å²) < 4.78 is 0. The van der Waals surface area contributed by atoms with Crippen molar-refractivity contribution < 1.29 is 19.2 Å². The highest BCUT2D eigenvalue weighted by Crippen LogP contribution is 2.46. The van der Waals surface area contributed by atoms with Gasteiger partial charge < -0.3 is 20.9 Å². The molecule has 38 heavy (non-hydrogen) atoms. The molecule has 2 heterocycles. The fourth-order valence-electron chi connectivity index (χ4n) is 5.13. The van der Waals surface area contributed by atoms with Crippen molar-refractivity contribution in [2.24, 2.45) is 0 Å². The van der Waals surface area contributed by atoms with E-state index in [4.69, 9.17) is 4.84 Å². The van der Waals surface area contributed by atoms with Crippen LogP contribution >= 0.6 is 0 Å². The number of carbonyl (C=O) groups excluding carboxylic acids is 3. The van der Waals surface area contributed by atoms with Crippen LogP contribution in [0.15, 0.2) is 60.3 Å². The van der Waals surface area contributed by atoms with E-state index < -0.39 is 11.4 Å². The second-order valence-corrected chi connectivity index (χ2v) is 9.59. The van der Waals surface area contributed by atoms with Crippen LogP contribution in [0.3, 0.4) is 0 Å². The molecule has 0 radical (unpaired) electrons. The first kappa shape index (κ1) is 27.0. The van der Waals surface area contributed by atoms with Crippen LogP contribution < -0.4 is 16.0 Å². The van der Waals surface area contributed by atoms with E-state index in [0.29, 0.717) is 30.9 Å². The lowest BCUT2D eigenvalue weighted by atomic mass is 9.79. The number of rotatable bonds is 9. The van der Waals surface area contributed by atoms with Crippen molar-refractivity contribution in [3.8, 4) is 0 Å². The zero-order chi connectivity index (χ0) is 27.4. The number of aromatic nitrogens is 1. The van der Waals surface area contributed by atoms with Crippen LogP contribution in [-0.2, 0) is 32.7 Å². The largest absolute Gasteiger partial charge is 0.344 e. The van der Waals surface area contributed by atoms with Crippen LogP contribution in [0.2, 0.25) is 0 Å². The third-order valence-electron chi connectivity index (χ3n) is 7.17. The summed E-state index contributed by atoms with van der Waals surface area (Å²) in [5, 5.41) is 9.95. The number of benzene rings is 1. The normalized spacial score (nSPS) is 17.6. The number of fused-ring (bicyclic) bond motifs is 3. The van der Waals surface area contributed by atoms with Gasteiger partial charge in [0.05, 0.1) is 12.5 Å². The summed E-state index contributed by atoms with van der Waals surface area (Å²) in [5.41, 5.74) is 4.57. The molecule has 0 saturated carbocycles. The third-order valence-corrected chi connectivity index (χ3v) is 7.17. The average molecular weight is 519 g/mol. The van der Waals surface area contributed by atoms with E-state index in [1.807, 2.05) is 50.4 Å². The molecule has 4 amide bonds. The molecular formula is C28H34N6O4. The number of carbonyl (C=O) groups is 3. The summed E-state index contributed by atoms with van der Waals surface area (Å²) in [6.45, 7) is 6.52. The molecule has 1 aliphatic carbocycles. The summed E-state index contributed by atoms with van der Waals surface area (Å²) in [6, 6.07) is 9.02. The number of likely N-dealkylation sites (N-methyl/N-ethyl adjacent to an activating group) is 1. The Morgan fingerprint density at radius 1 is 1.24 bits per heavy atom. The van der Waals surface area contributed by atoms with Crippen LogP contribution in [0.25, 0.3) is 0 Å². The second-order valence-electron chi connectivity index (χ2n) is 9.59. The fraction of sp³-hybridized carbons (Fsp3) is 0.357. The van der Waals surface area contributed by atoms with Gasteiger partial charge in [-0.2, -0.15) is 0 Å². The Bertz CT molecular complexity index is 1310. The van der Waals surface area contributed by atoms with Gasteiger partial charge in [0, 0.05) is 37.6 Å². The lowest BCUT2D eigenvalue weighted by molar-refractivity contribution is -0.120. The van der Waals surface area contributed by atoms with Crippen LogP contribution in [0.1, 0.15) is 23.6 Å². The average Bonchev–Trinajstić information content (AvgIpc) is 3.42. The zero-order valence-electron chi connectivity index (χ0n) is 22.3. The summed E-state index contributed by atoms with van der Waals surface area (Å²) in [6.07, 6.45) is 4.66. The molecule has 1 spiro atoms. The molecule has 10 nitrogen and oxygen atoms in total. The third kappa shape index (κ3) is 5.18. The summed E-state index contributed by atoms with van der Waals surface area (Å²) in [5.74, 6) is 0.213. The van der Waals surface area contributed by atoms with E-state index in [1.54, 1.807) is 6.20 Å². The van der Waals surface area contributed by atoms with Crippen LogP contribution in [0, 0.1) is 0 Å². The van der Waals surface area contributed by atoms with Gasteiger partial charge in [-0.05, 0) is 67.3 Å². The highest BCUT2D eigenvalue weighted by atomic mass is 16.7. The van der Waals surface area contributed by atoms with Crippen LogP contribution in [0.5, 0.6) is 0 Å². The fourth-order valence-corrected chi connectivity index (χ4v) is 5.13. The highest BCUT2D eigenvalue weighted by Gasteiger charge is 2.51. The Balaban J connectivity index is 1.48. The Morgan fingerprint density at radius 3 is 2.71 bits per heavy atom. The first-order valence-corrected chi connectivity index (χ1v) is 12.5. The van der Waals surface area contributed by atoms with E-state index >= 15 is 0 Å². The number of nitrogens with one attached hydrogen (secondary N) is 3. The number of hydrogen-bond donors (Lipinski definition) is 3. The predicted octanol–water partition coefficient (Wildman–Crippen LogP) is 2.65. The molecule has 1 aromatic heterocycles. The Labute approximate surface area is 222 Å². The molecule has 1 aromatic carbocycles. The quantitative estimate of drug-likeness (QED) is 0.347. The summed E-state index contributed by atoms with van der Waals surface area (Å²) in [4.78, 5) is 49.8. The molecule has 0 saturated heterocycles. The Morgan fingerprint density at radius 2 is 2.00 bits per heavy atom. The molecule has 0 fully saturated rings. The van der Waals surface area contributed by atoms with Crippen molar-refractivity contribution in [1.82, 2.24) is 20.3 Å². The van der Waals surface area contributed by atoms with Gasteiger partial charge >= 0.3 is 6.03 Å². The molecule has 2 aromatic rings. The van der Waals surface area contributed by atoms with Gasteiger partial charge in [-0.1, -0.05) is 24.8 Å². The number of hydrogen-bond acceptors (Lipinski definition) is 6. The van der Waals surface area contributed by atoms with Crippen LogP contribution in [0.4, 0.5) is 16.3 Å². The van der Waals surface area contributed by atoms with Crippen molar-refractivity contribution >= 4 is 29.4 Å². The zero-order valence-corrected chi connectivity index (χ0v) is 22.3. The van der Waals surface area contributed by atoms with Gasteiger partial charge in [-0.3, -0.25) is 14.4 Å². The van der Waals surface area contributed by atoms with Gasteiger partial charge in [0.15, 0.2) is 0 Å². The first-order chi connectivity index (χ1) is 18.2. The minimum absolute atomic E-state index is 0.0518. The van der Waals surface area contributed by atoms with Crippen molar-refractivity contribution in [2.75, 3.05) is 51.5 Å². The molecule has 3 N–H and O–H groups in total. The molecular weight excluding hydrogens is 484 g/mol. The predicted molar refractivity (Wildman–Crippen MR) is 146 cm³/mol. The van der Waals surface area contributed by atoms with Crippen molar-refractivity contribution in [3.63, 3.8) is 0 Å². The molecule has 200 valence electrons. The number of amides is 4. The molecule has 2 aliphatic rings. The lowest BCUT2D eigenvalue weighted by Gasteiger charge is -2.28. The molecule has 0 bridgehead atoms. The lowest BCUT2D eigenvalue weighted by Crippen LogP contribution is -2.45. The Hall–Kier alpha value is -4.02.